The first-order valence-corrected chi connectivity index (χ1v) is 4.43. The predicted molar refractivity (Wildman–Crippen MR) is 50.7 cm³/mol. The van der Waals surface area contributed by atoms with Gasteiger partial charge in [0, 0.05) is 7.47 Å². The standard InChI is InChI=1S/C6H2IN3O4/c7-10-5(13)8-1-3(11)4(12)2-9(8)6(10)14/h1-2H/p+2. The third-order valence-corrected chi connectivity index (χ3v) is 2.56. The molecule has 0 aliphatic carbocycles. The number of carbonyl (C=O) groups excluding carboxylic acids is 1. The van der Waals surface area contributed by atoms with E-state index in [2.05, 4.69) is 0 Å². The van der Waals surface area contributed by atoms with Crippen molar-refractivity contribution in [2.24, 2.45) is 0 Å². The van der Waals surface area contributed by atoms with Crippen LogP contribution in [0.5, 0.6) is 5.75 Å². The lowest BCUT2D eigenvalue weighted by molar-refractivity contribution is -0.655. The van der Waals surface area contributed by atoms with Crippen molar-refractivity contribution in [1.82, 2.24) is 4.68 Å². The highest BCUT2D eigenvalue weighted by molar-refractivity contribution is 14.1. The zero-order valence-corrected chi connectivity index (χ0v) is 8.74. The Hall–Kier alpha value is -1.45. The van der Waals surface area contributed by atoms with Crippen molar-refractivity contribution in [2.75, 3.05) is 0 Å². The maximum atomic E-state index is 11.3. The van der Waals surface area contributed by atoms with Crippen LogP contribution < -0.4 is 10.1 Å². The number of carbonyl (C=O) groups is 1. The van der Waals surface area contributed by atoms with Crippen LogP contribution in [0.4, 0.5) is 4.79 Å². The van der Waals surface area contributed by atoms with Crippen molar-refractivity contribution in [1.29, 1.82) is 0 Å². The molecule has 0 saturated carbocycles. The summed E-state index contributed by atoms with van der Waals surface area (Å²) in [6.45, 7) is 0. The lowest BCUT2D eigenvalue weighted by Gasteiger charge is -1.88. The topological polar surface area (TPSA) is 86.4 Å². The third-order valence-electron chi connectivity index (χ3n) is 1.71. The van der Waals surface area contributed by atoms with Gasteiger partial charge in [-0.1, -0.05) is 0 Å². The van der Waals surface area contributed by atoms with Crippen LogP contribution in [0.3, 0.4) is 0 Å². The summed E-state index contributed by atoms with van der Waals surface area (Å²) in [4.78, 5) is 22.3. The third kappa shape index (κ3) is 1.03. The van der Waals surface area contributed by atoms with Crippen LogP contribution in [-0.2, 0) is 0 Å². The molecule has 0 bridgehead atoms. The Bertz CT molecular complexity index is 532. The Labute approximate surface area is 90.6 Å². The lowest BCUT2D eigenvalue weighted by atomic mass is 10.5. The number of halogens is 1. The molecule has 2 N–H and O–H groups in total. The van der Waals surface area contributed by atoms with E-state index in [4.69, 9.17) is 5.11 Å². The number of nitrogens with zero attached hydrogens (tertiary/aromatic N) is 3. The summed E-state index contributed by atoms with van der Waals surface area (Å²) in [6, 6.07) is -0.967. The van der Waals surface area contributed by atoms with Crippen molar-refractivity contribution in [2.45, 2.75) is 0 Å². The highest BCUT2D eigenvalue weighted by Crippen LogP contribution is 2.03. The molecule has 0 atom stereocenters. The number of rotatable bonds is 0. The molecule has 1 aromatic rings. The van der Waals surface area contributed by atoms with E-state index in [1.54, 1.807) is 22.9 Å². The van der Waals surface area contributed by atoms with Crippen molar-refractivity contribution < 1.29 is 22.5 Å². The minimum Gasteiger partial charge on any atom is -0.503 e. The molecule has 1 aromatic heterocycles. The van der Waals surface area contributed by atoms with Gasteiger partial charge in [-0.3, -0.25) is 4.79 Å². The van der Waals surface area contributed by atoms with Gasteiger partial charge in [-0.05, 0) is 4.68 Å². The Morgan fingerprint density at radius 2 is 2.00 bits per heavy atom. The van der Waals surface area contributed by atoms with Crippen molar-refractivity contribution in [3.63, 3.8) is 0 Å². The Morgan fingerprint density at radius 3 is 2.64 bits per heavy atom. The SMILES string of the molecule is O=C1n2cc(O)c(=O)c[n+]2C(O)=[N+]1I. The zero-order chi connectivity index (χ0) is 10.5. The molecule has 0 radical (unpaired) electrons. The maximum Gasteiger partial charge on any atom is 0.672 e. The molecular formula is C6H4IN3O4+2. The van der Waals surface area contributed by atoms with Gasteiger partial charge in [0.05, 0.1) is 0 Å². The van der Waals surface area contributed by atoms with Crippen LogP contribution in [-0.4, -0.2) is 29.7 Å². The lowest BCUT2D eigenvalue weighted by Crippen LogP contribution is -2.51. The van der Waals surface area contributed by atoms with E-state index in [0.29, 0.717) is 0 Å². The molecule has 8 heteroatoms. The second-order valence-electron chi connectivity index (χ2n) is 2.56. The van der Waals surface area contributed by atoms with E-state index in [1.807, 2.05) is 0 Å². The summed E-state index contributed by atoms with van der Waals surface area (Å²) in [5, 5.41) is 18.4. The molecule has 0 fully saturated rings. The smallest absolute Gasteiger partial charge is 0.503 e. The van der Waals surface area contributed by atoms with E-state index in [0.717, 1.165) is 24.5 Å². The largest absolute Gasteiger partial charge is 0.672 e. The molecular weight excluding hydrogens is 305 g/mol. The summed E-state index contributed by atoms with van der Waals surface area (Å²) >= 11 is 1.57. The molecule has 7 nitrogen and oxygen atoms in total. The molecule has 0 spiro atoms. The summed E-state index contributed by atoms with van der Waals surface area (Å²) < 4.78 is 2.77. The number of amides is 1. The average Bonchev–Trinajstić information content (AvgIpc) is 2.34. The summed E-state index contributed by atoms with van der Waals surface area (Å²) in [6.07, 6.45) is 1.86. The van der Waals surface area contributed by atoms with Crippen molar-refractivity contribution >= 4 is 34.9 Å². The van der Waals surface area contributed by atoms with Gasteiger partial charge in [-0.15, -0.1) is 0 Å². The first-order chi connectivity index (χ1) is 6.52. The molecule has 0 unspecified atom stereocenters. The first kappa shape index (κ1) is 9.12. The Kier molecular flexibility index (Phi) is 1.80. The number of aromatic nitrogens is 2. The highest BCUT2D eigenvalue weighted by Gasteiger charge is 2.46. The second-order valence-corrected chi connectivity index (χ2v) is 3.53. The maximum absolute atomic E-state index is 11.3. The minimum absolute atomic E-state index is 0.396. The molecule has 1 aliphatic rings. The van der Waals surface area contributed by atoms with Crippen molar-refractivity contribution in [3.8, 4) is 5.75 Å². The molecule has 1 aliphatic heterocycles. The molecule has 72 valence electrons. The quantitative estimate of drug-likeness (QED) is 0.364. The van der Waals surface area contributed by atoms with E-state index in [-0.39, 0.29) is 0 Å². The fraction of sp³-hybridized carbons (Fsp3) is 0. The number of aromatic hydroxyl groups is 1. The van der Waals surface area contributed by atoms with E-state index in [1.165, 1.54) is 0 Å². The van der Waals surface area contributed by atoms with Gasteiger partial charge < -0.3 is 10.2 Å². The Balaban J connectivity index is 2.81. The summed E-state index contributed by atoms with van der Waals surface area (Å²) in [5.74, 6) is -0.547. The summed E-state index contributed by atoms with van der Waals surface area (Å²) in [5.41, 5.74) is -0.674. The highest BCUT2D eigenvalue weighted by atomic mass is 127. The van der Waals surface area contributed by atoms with Gasteiger partial charge in [0.1, 0.15) is 6.20 Å². The zero-order valence-electron chi connectivity index (χ0n) is 6.59. The van der Waals surface area contributed by atoms with Gasteiger partial charge in [-0.2, -0.15) is 4.79 Å². The van der Waals surface area contributed by atoms with Crippen LogP contribution in [0.15, 0.2) is 17.2 Å². The first-order valence-electron chi connectivity index (χ1n) is 3.46. The van der Waals surface area contributed by atoms with Crippen LogP contribution in [0.25, 0.3) is 0 Å². The minimum atomic E-state index is -0.674. The molecule has 2 rings (SSSR count). The van der Waals surface area contributed by atoms with Gasteiger partial charge in [0.2, 0.25) is 0 Å². The van der Waals surface area contributed by atoms with Crippen LogP contribution in [0.2, 0.25) is 0 Å². The van der Waals surface area contributed by atoms with Crippen LogP contribution >= 0.6 is 22.9 Å². The van der Waals surface area contributed by atoms with Gasteiger partial charge in [-0.25, -0.2) is 0 Å². The monoisotopic (exact) mass is 309 g/mol. The molecule has 0 aromatic carbocycles. The van der Waals surface area contributed by atoms with Crippen LogP contribution in [0, 0.1) is 0 Å². The van der Waals surface area contributed by atoms with Crippen LogP contribution in [0.1, 0.15) is 0 Å². The number of aliphatic hydroxyl groups excluding tert-OH is 1. The molecule has 2 heterocycles. The number of hydrogen-bond acceptors (Lipinski definition) is 3. The number of hydrogen-bond donors (Lipinski definition) is 2. The van der Waals surface area contributed by atoms with E-state index in [9.17, 15) is 14.7 Å². The summed E-state index contributed by atoms with van der Waals surface area (Å²) in [7, 11) is 0. The van der Waals surface area contributed by atoms with E-state index >= 15 is 0 Å². The second kappa shape index (κ2) is 2.77. The predicted octanol–water partition coefficient (Wildman–Crippen LogP) is -1.05. The van der Waals surface area contributed by atoms with Gasteiger partial charge >= 0.3 is 34.9 Å². The van der Waals surface area contributed by atoms with Gasteiger partial charge in [0.15, 0.2) is 5.75 Å². The number of fused-ring (bicyclic) bond motifs is 1. The normalized spacial score (nSPS) is 14.8. The Morgan fingerprint density at radius 1 is 1.36 bits per heavy atom. The molecule has 14 heavy (non-hydrogen) atoms. The molecule has 0 saturated heterocycles. The van der Waals surface area contributed by atoms with E-state index < -0.39 is 23.2 Å². The number of aliphatic hydroxyl groups is 1. The van der Waals surface area contributed by atoms with Gasteiger partial charge in [0.25, 0.3) is 11.6 Å². The fourth-order valence-electron chi connectivity index (χ4n) is 1.05. The fourth-order valence-corrected chi connectivity index (χ4v) is 1.49. The average molecular weight is 309 g/mol. The van der Waals surface area contributed by atoms with Crippen molar-refractivity contribution in [3.05, 3.63) is 22.6 Å². The molecule has 1 amide bonds.